The van der Waals surface area contributed by atoms with E-state index in [2.05, 4.69) is 58.1 Å². The highest BCUT2D eigenvalue weighted by atomic mass is 31.2. The van der Waals surface area contributed by atoms with Crippen LogP contribution >= 0.6 is 7.37 Å². The summed E-state index contributed by atoms with van der Waals surface area (Å²) in [6.45, 7) is 21.4. The molecule has 2 aromatic rings. The van der Waals surface area contributed by atoms with Crippen molar-refractivity contribution in [1.82, 2.24) is 4.90 Å². The molecular formula is C37H62NO7PSi. The van der Waals surface area contributed by atoms with Gasteiger partial charge in [-0.3, -0.25) is 4.57 Å². The third-order valence-corrected chi connectivity index (χ3v) is 13.2. The van der Waals surface area contributed by atoms with Crippen LogP contribution in [0.3, 0.4) is 0 Å². The summed E-state index contributed by atoms with van der Waals surface area (Å²) in [5.74, 6) is 0.846. The van der Waals surface area contributed by atoms with E-state index in [1.807, 2.05) is 26.8 Å². The van der Waals surface area contributed by atoms with E-state index in [-0.39, 0.29) is 11.6 Å². The summed E-state index contributed by atoms with van der Waals surface area (Å²) >= 11 is 0. The molecule has 1 N–H and O–H groups in total. The molecule has 0 saturated heterocycles. The van der Waals surface area contributed by atoms with Crippen molar-refractivity contribution in [3.05, 3.63) is 59.7 Å². The predicted molar refractivity (Wildman–Crippen MR) is 196 cm³/mol. The van der Waals surface area contributed by atoms with Crippen LogP contribution in [0.2, 0.25) is 18.1 Å². The third-order valence-electron chi connectivity index (χ3n) is 8.20. The van der Waals surface area contributed by atoms with Gasteiger partial charge >= 0.3 is 6.09 Å². The molecule has 0 aliphatic rings. The van der Waals surface area contributed by atoms with Crippen LogP contribution in [0, 0.1) is 0 Å². The molecule has 0 spiro atoms. The number of nitrogens with zero attached hydrogens (tertiary/aromatic N) is 1. The molecule has 0 aliphatic heterocycles. The summed E-state index contributed by atoms with van der Waals surface area (Å²) in [5, 5.41) is 11.3. The van der Waals surface area contributed by atoms with Gasteiger partial charge in [0.05, 0.1) is 12.6 Å². The molecule has 0 unspecified atom stereocenters. The highest BCUT2D eigenvalue weighted by molar-refractivity contribution is 7.57. The average Bonchev–Trinajstić information content (AvgIpc) is 2.94. The Kier molecular flexibility index (Phi) is 16.0. The predicted octanol–water partition coefficient (Wildman–Crippen LogP) is 9.86. The van der Waals surface area contributed by atoms with Crippen molar-refractivity contribution in [3.8, 4) is 11.5 Å². The molecule has 0 fully saturated rings. The minimum Gasteiger partial charge on any atom is -0.541 e. The number of ether oxygens (including phenoxy) is 2. The summed E-state index contributed by atoms with van der Waals surface area (Å²) < 4.78 is 36.5. The fourth-order valence-corrected chi connectivity index (χ4v) is 6.23. The van der Waals surface area contributed by atoms with E-state index in [4.69, 9.17) is 18.4 Å². The first-order valence-corrected chi connectivity index (χ1v) is 22.6. The summed E-state index contributed by atoms with van der Waals surface area (Å²) in [6.07, 6.45) is 5.53. The average molecular weight is 692 g/mol. The summed E-state index contributed by atoms with van der Waals surface area (Å²) in [6, 6.07) is 15.7. The van der Waals surface area contributed by atoms with Crippen molar-refractivity contribution in [3.63, 3.8) is 0 Å². The zero-order valence-electron chi connectivity index (χ0n) is 30.8. The first-order chi connectivity index (χ1) is 21.8. The molecular weight excluding hydrogens is 629 g/mol. The molecule has 0 aromatic heterocycles. The van der Waals surface area contributed by atoms with Crippen LogP contribution in [-0.4, -0.2) is 69.7 Å². The van der Waals surface area contributed by atoms with Gasteiger partial charge in [-0.1, -0.05) is 70.0 Å². The third kappa shape index (κ3) is 16.1. The van der Waals surface area contributed by atoms with Crippen LogP contribution in [0.25, 0.3) is 0 Å². The monoisotopic (exact) mass is 691 g/mol. The van der Waals surface area contributed by atoms with Crippen molar-refractivity contribution in [1.29, 1.82) is 0 Å². The second-order valence-corrected chi connectivity index (χ2v) is 22.7. The molecule has 1 atom stereocenters. The van der Waals surface area contributed by atoms with Crippen LogP contribution < -0.4 is 8.95 Å². The van der Waals surface area contributed by atoms with Crippen molar-refractivity contribution in [2.45, 2.75) is 116 Å². The van der Waals surface area contributed by atoms with Crippen LogP contribution in [-0.2, 0) is 20.5 Å². The van der Waals surface area contributed by atoms with Crippen molar-refractivity contribution >= 4 is 21.8 Å². The van der Waals surface area contributed by atoms with Crippen LogP contribution in [0.15, 0.2) is 48.5 Å². The Labute approximate surface area is 286 Å². The van der Waals surface area contributed by atoms with E-state index >= 15 is 0 Å². The number of rotatable bonds is 19. The lowest BCUT2D eigenvalue weighted by molar-refractivity contribution is 0.0140. The smallest absolute Gasteiger partial charge is 0.410 e. The molecule has 1 amide bonds. The van der Waals surface area contributed by atoms with Gasteiger partial charge in [0.1, 0.15) is 11.4 Å². The zero-order valence-corrected chi connectivity index (χ0v) is 32.7. The largest absolute Gasteiger partial charge is 0.541 e. The van der Waals surface area contributed by atoms with Gasteiger partial charge in [-0.2, -0.15) is 0 Å². The number of benzene rings is 2. The van der Waals surface area contributed by atoms with E-state index in [1.165, 1.54) is 5.56 Å². The molecule has 2 aromatic carbocycles. The Morgan fingerprint density at radius 2 is 1.49 bits per heavy atom. The van der Waals surface area contributed by atoms with Gasteiger partial charge < -0.3 is 28.4 Å². The Bertz CT molecular complexity index is 1270. The number of carbonyl (C=O) groups excluding carboxylic acids is 1. The van der Waals surface area contributed by atoms with Gasteiger partial charge in [0.15, 0.2) is 5.75 Å². The molecule has 266 valence electrons. The molecule has 0 aliphatic carbocycles. The molecule has 0 heterocycles. The molecule has 47 heavy (non-hydrogen) atoms. The highest BCUT2D eigenvalue weighted by Gasteiger charge is 2.40. The quantitative estimate of drug-likeness (QED) is 0.0890. The summed E-state index contributed by atoms with van der Waals surface area (Å²) in [7, 11) is -5.15. The molecule has 2 rings (SSSR count). The topological polar surface area (TPSA) is 94.5 Å². The lowest BCUT2D eigenvalue weighted by Crippen LogP contribution is -2.44. The Morgan fingerprint density at radius 3 is 2.09 bits per heavy atom. The maximum atomic E-state index is 13.2. The molecule has 10 heteroatoms. The molecule has 8 nitrogen and oxygen atoms in total. The number of aliphatic hydroxyl groups excluding tert-OH is 1. The maximum absolute atomic E-state index is 13.2. The van der Waals surface area contributed by atoms with Gasteiger partial charge in [0.2, 0.25) is 7.37 Å². The number of hydrogen-bond acceptors (Lipinski definition) is 7. The van der Waals surface area contributed by atoms with E-state index < -0.39 is 33.5 Å². The molecule has 0 radical (unpaired) electrons. The standard InChI is InChI=1S/C37H62NO7PSi/c1-36(2,3)43-35(40)38(25-17-11-12-18-26-42-27-19-16-22-30-20-14-13-15-21-30)29-32(39)31-23-24-33(44-46(7,8)41)34(28-31)45-47(9,10)37(4,5)6/h13-15,20-21,23-24,28,32,39H,11-12,16-19,22,25-27,29H2,1-10H3/t32-/m0/s1. The maximum Gasteiger partial charge on any atom is 0.410 e. The zero-order chi connectivity index (χ0) is 35.3. The summed E-state index contributed by atoms with van der Waals surface area (Å²) in [4.78, 5) is 14.8. The Balaban J connectivity index is 1.96. The van der Waals surface area contributed by atoms with Crippen LogP contribution in [0.1, 0.15) is 97.3 Å². The van der Waals surface area contributed by atoms with Gasteiger partial charge in [-0.05, 0) is 94.3 Å². The Hall–Kier alpha value is -2.32. The van der Waals surface area contributed by atoms with Crippen molar-refractivity contribution in [2.75, 3.05) is 39.6 Å². The number of hydrogen-bond donors (Lipinski definition) is 1. The van der Waals surface area contributed by atoms with Crippen LogP contribution in [0.5, 0.6) is 11.5 Å². The fourth-order valence-electron chi connectivity index (χ4n) is 4.59. The fraction of sp³-hybridized carbons (Fsp3) is 0.649. The van der Waals surface area contributed by atoms with Gasteiger partial charge in [-0.25, -0.2) is 4.79 Å². The van der Waals surface area contributed by atoms with Crippen LogP contribution in [0.4, 0.5) is 4.79 Å². The number of aryl methyl sites for hydroxylation is 1. The first kappa shape index (κ1) is 40.9. The van der Waals surface area contributed by atoms with E-state index in [9.17, 15) is 14.5 Å². The second kappa shape index (κ2) is 18.4. The van der Waals surface area contributed by atoms with E-state index in [0.717, 1.165) is 58.2 Å². The highest BCUT2D eigenvalue weighted by Crippen LogP contribution is 2.46. The summed E-state index contributed by atoms with van der Waals surface area (Å²) in [5.41, 5.74) is 1.30. The normalized spacial score (nSPS) is 13.3. The van der Waals surface area contributed by atoms with Gasteiger partial charge in [0, 0.05) is 33.1 Å². The van der Waals surface area contributed by atoms with Gasteiger partial charge in [0.25, 0.3) is 8.32 Å². The molecule has 0 bridgehead atoms. The number of aliphatic hydroxyl groups is 1. The number of amides is 1. The molecule has 0 saturated carbocycles. The van der Waals surface area contributed by atoms with Gasteiger partial charge in [-0.15, -0.1) is 0 Å². The van der Waals surface area contributed by atoms with Crippen molar-refractivity contribution in [2.24, 2.45) is 0 Å². The SMILES string of the molecule is CC(C)(C)OC(=O)N(CCCCCCOCCCCc1ccccc1)C[C@H](O)c1ccc(OP(C)(C)=O)c(O[Si](C)(C)C(C)(C)C)c1. The first-order valence-electron chi connectivity index (χ1n) is 17.1. The minimum atomic E-state index is -2.86. The second-order valence-electron chi connectivity index (χ2n) is 15.3. The number of unbranched alkanes of at least 4 members (excludes halogenated alkanes) is 4. The minimum absolute atomic E-state index is 0.0702. The van der Waals surface area contributed by atoms with Crippen molar-refractivity contribution < 1.29 is 32.9 Å². The lowest BCUT2D eigenvalue weighted by Gasteiger charge is -2.37. The van der Waals surface area contributed by atoms with E-state index in [0.29, 0.717) is 23.6 Å². The number of carbonyl (C=O) groups is 1. The van der Waals surface area contributed by atoms with E-state index in [1.54, 1.807) is 36.4 Å². The Morgan fingerprint density at radius 1 is 0.872 bits per heavy atom. The lowest BCUT2D eigenvalue weighted by atomic mass is 10.1.